The number of hydrogen-bond donors (Lipinski definition) is 1. The van der Waals surface area contributed by atoms with Gasteiger partial charge in [0.05, 0.1) is 5.56 Å². The van der Waals surface area contributed by atoms with Gasteiger partial charge >= 0.3 is 12.2 Å². The second kappa shape index (κ2) is 6.55. The van der Waals surface area contributed by atoms with Crippen molar-refractivity contribution >= 4 is 11.7 Å². The third-order valence-electron chi connectivity index (χ3n) is 5.51. The highest BCUT2D eigenvalue weighted by molar-refractivity contribution is 5.91. The number of benzene rings is 1. The van der Waals surface area contributed by atoms with E-state index < -0.39 is 11.7 Å². The topological polar surface area (TPSA) is 45.2 Å². The van der Waals surface area contributed by atoms with Crippen LogP contribution < -0.4 is 5.32 Å². The van der Waals surface area contributed by atoms with Gasteiger partial charge in [-0.15, -0.1) is 0 Å². The normalized spacial score (nSPS) is 21.6. The summed E-state index contributed by atoms with van der Waals surface area (Å²) < 4.78 is 38.9. The third-order valence-corrected chi connectivity index (χ3v) is 5.51. The molecule has 2 amide bonds. The number of alkyl halides is 3. The van der Waals surface area contributed by atoms with E-state index in [9.17, 15) is 18.0 Å². The third kappa shape index (κ3) is 3.38. The molecule has 4 nitrogen and oxygen atoms in total. The maximum atomic E-state index is 13.0. The largest absolute Gasteiger partial charge is 0.417 e. The van der Waals surface area contributed by atoms with Gasteiger partial charge in [-0.3, -0.25) is 4.98 Å². The van der Waals surface area contributed by atoms with Gasteiger partial charge in [0.25, 0.3) is 0 Å². The average molecular weight is 375 g/mol. The van der Waals surface area contributed by atoms with Crippen molar-refractivity contribution in [3.05, 3.63) is 47.8 Å². The number of carbonyl (C=O) groups is 1. The summed E-state index contributed by atoms with van der Waals surface area (Å²) in [5, 5.41) is 2.90. The smallest absolute Gasteiger partial charge is 0.318 e. The number of fused-ring (bicyclic) bond motifs is 2. The van der Waals surface area contributed by atoms with E-state index in [0.29, 0.717) is 28.9 Å². The van der Waals surface area contributed by atoms with Crippen molar-refractivity contribution < 1.29 is 18.0 Å². The molecule has 4 rings (SSSR count). The average Bonchev–Trinajstić information content (AvgIpc) is 2.63. The molecule has 2 fully saturated rings. The van der Waals surface area contributed by atoms with Crippen LogP contribution >= 0.6 is 0 Å². The Morgan fingerprint density at radius 2 is 1.93 bits per heavy atom. The molecular formula is C20H20F3N3O. The number of amides is 2. The zero-order valence-electron chi connectivity index (χ0n) is 14.9. The first-order chi connectivity index (χ1) is 12.8. The van der Waals surface area contributed by atoms with Crippen molar-refractivity contribution in [3.8, 4) is 11.1 Å². The molecule has 1 aromatic carbocycles. The predicted molar refractivity (Wildman–Crippen MR) is 96.3 cm³/mol. The van der Waals surface area contributed by atoms with E-state index in [1.807, 2.05) is 11.8 Å². The molecule has 27 heavy (non-hydrogen) atoms. The second-order valence-corrected chi connectivity index (χ2v) is 7.30. The highest BCUT2D eigenvalue weighted by Gasteiger charge is 2.44. The molecule has 2 aliphatic rings. The minimum absolute atomic E-state index is 0.132. The van der Waals surface area contributed by atoms with Gasteiger partial charge in [-0.05, 0) is 61.9 Å². The van der Waals surface area contributed by atoms with Crippen LogP contribution in [0, 0.1) is 6.92 Å². The Morgan fingerprint density at radius 1 is 1.19 bits per heavy atom. The number of nitrogens with zero attached hydrogens (tertiary/aromatic N) is 2. The van der Waals surface area contributed by atoms with Gasteiger partial charge in [-0.2, -0.15) is 13.2 Å². The molecule has 142 valence electrons. The number of hydrogen-bond acceptors (Lipinski definition) is 2. The Morgan fingerprint density at radius 3 is 2.59 bits per heavy atom. The fourth-order valence-corrected chi connectivity index (χ4v) is 4.08. The van der Waals surface area contributed by atoms with Crippen molar-refractivity contribution in [2.75, 3.05) is 5.32 Å². The maximum Gasteiger partial charge on any atom is 0.417 e. The monoisotopic (exact) mass is 375 g/mol. The molecule has 1 N–H and O–H groups in total. The Bertz CT molecular complexity index is 867. The number of anilines is 1. The first kappa shape index (κ1) is 17.8. The van der Waals surface area contributed by atoms with E-state index in [-0.39, 0.29) is 6.03 Å². The lowest BCUT2D eigenvalue weighted by Crippen LogP contribution is -2.62. The lowest BCUT2D eigenvalue weighted by atomic mass is 9.80. The van der Waals surface area contributed by atoms with E-state index in [1.165, 1.54) is 6.20 Å². The van der Waals surface area contributed by atoms with Crippen molar-refractivity contribution in [1.82, 2.24) is 9.88 Å². The Labute approximate surface area is 155 Å². The van der Waals surface area contributed by atoms with Gasteiger partial charge in [0, 0.05) is 35.7 Å². The van der Waals surface area contributed by atoms with Crippen molar-refractivity contribution in [2.24, 2.45) is 0 Å². The van der Waals surface area contributed by atoms with Gasteiger partial charge in [0.15, 0.2) is 0 Å². The number of pyridine rings is 1. The number of nitrogens with one attached hydrogen (secondary N) is 1. The van der Waals surface area contributed by atoms with Crippen LogP contribution in [0.25, 0.3) is 11.1 Å². The molecule has 2 aliphatic heterocycles. The molecule has 7 heteroatoms. The number of urea groups is 1. The highest BCUT2D eigenvalue weighted by atomic mass is 19.4. The summed E-state index contributed by atoms with van der Waals surface area (Å²) in [5.41, 5.74) is 1.59. The van der Waals surface area contributed by atoms with Gasteiger partial charge in [0.1, 0.15) is 0 Å². The minimum Gasteiger partial charge on any atom is -0.318 e. The minimum atomic E-state index is -4.45. The van der Waals surface area contributed by atoms with Gasteiger partial charge in [0.2, 0.25) is 0 Å². The van der Waals surface area contributed by atoms with Gasteiger partial charge in [-0.1, -0.05) is 6.07 Å². The highest BCUT2D eigenvalue weighted by Crippen LogP contribution is 2.38. The van der Waals surface area contributed by atoms with Crippen LogP contribution in [0.5, 0.6) is 0 Å². The molecule has 2 atom stereocenters. The molecule has 2 saturated heterocycles. The lowest BCUT2D eigenvalue weighted by molar-refractivity contribution is -0.137. The van der Waals surface area contributed by atoms with E-state index in [1.54, 1.807) is 18.2 Å². The Balaban J connectivity index is 1.58. The van der Waals surface area contributed by atoms with Gasteiger partial charge in [-0.25, -0.2) is 4.79 Å². The number of aromatic nitrogens is 1. The van der Waals surface area contributed by atoms with Crippen molar-refractivity contribution in [1.29, 1.82) is 0 Å². The number of rotatable bonds is 2. The van der Waals surface area contributed by atoms with E-state index in [2.05, 4.69) is 10.3 Å². The Kier molecular flexibility index (Phi) is 4.32. The van der Waals surface area contributed by atoms with E-state index in [0.717, 1.165) is 43.5 Å². The van der Waals surface area contributed by atoms with Crippen LogP contribution in [0.15, 0.2) is 36.7 Å². The SMILES string of the molecule is Cc1ccc(NC(=O)N2C3CCCC2C3)cc1-c1cncc(C(F)(F)F)c1. The van der Waals surface area contributed by atoms with Crippen molar-refractivity contribution in [2.45, 2.75) is 50.9 Å². The summed E-state index contributed by atoms with van der Waals surface area (Å²) in [4.78, 5) is 18.2. The van der Waals surface area contributed by atoms with E-state index in [4.69, 9.17) is 0 Å². The second-order valence-electron chi connectivity index (χ2n) is 7.30. The van der Waals surface area contributed by atoms with Crippen molar-refractivity contribution in [3.63, 3.8) is 0 Å². The number of piperidine rings is 1. The number of carbonyl (C=O) groups excluding carboxylic acids is 1. The standard InChI is InChI=1S/C20H20F3N3O/c1-12-5-6-15(25-19(27)26-16-3-2-4-17(26)9-16)8-18(12)13-7-14(11-24-10-13)20(21,22)23/h5-8,10-11,16-17H,2-4,9H2,1H3,(H,25,27). The molecule has 2 aromatic rings. The Hall–Kier alpha value is -2.57. The van der Waals surface area contributed by atoms with Gasteiger partial charge < -0.3 is 10.2 Å². The summed E-state index contributed by atoms with van der Waals surface area (Å²) in [5.74, 6) is 0. The van der Waals surface area contributed by atoms with E-state index >= 15 is 0 Å². The summed E-state index contributed by atoms with van der Waals surface area (Å²) >= 11 is 0. The molecule has 0 spiro atoms. The predicted octanol–water partition coefficient (Wildman–Crippen LogP) is 5.23. The molecule has 0 saturated carbocycles. The molecule has 2 unspecified atom stereocenters. The van der Waals surface area contributed by atoms with Crippen LogP contribution in [0.2, 0.25) is 0 Å². The summed E-state index contributed by atoms with van der Waals surface area (Å²) in [6, 6.07) is 6.87. The summed E-state index contributed by atoms with van der Waals surface area (Å²) in [6.07, 6.45) is 2.09. The first-order valence-corrected chi connectivity index (χ1v) is 9.05. The number of aryl methyl sites for hydroxylation is 1. The lowest BCUT2D eigenvalue weighted by Gasteiger charge is -2.52. The molecule has 2 bridgehead atoms. The van der Waals surface area contributed by atoms with Crippen LogP contribution in [0.3, 0.4) is 0 Å². The van der Waals surface area contributed by atoms with Crippen LogP contribution in [0.4, 0.5) is 23.7 Å². The zero-order valence-corrected chi connectivity index (χ0v) is 14.9. The maximum absolute atomic E-state index is 13.0. The zero-order chi connectivity index (χ0) is 19.2. The fraction of sp³-hybridized carbons (Fsp3) is 0.400. The summed E-state index contributed by atoms with van der Waals surface area (Å²) in [6.45, 7) is 1.82. The molecule has 0 aliphatic carbocycles. The van der Waals surface area contributed by atoms with Crippen LogP contribution in [0.1, 0.15) is 36.8 Å². The first-order valence-electron chi connectivity index (χ1n) is 9.05. The van der Waals surface area contributed by atoms with Crippen LogP contribution in [-0.4, -0.2) is 28.0 Å². The molecule has 0 radical (unpaired) electrons. The fourth-order valence-electron chi connectivity index (χ4n) is 4.08. The molecule has 1 aromatic heterocycles. The molecular weight excluding hydrogens is 355 g/mol. The summed E-state index contributed by atoms with van der Waals surface area (Å²) in [7, 11) is 0. The number of halogens is 3. The van der Waals surface area contributed by atoms with Crippen LogP contribution in [-0.2, 0) is 6.18 Å². The quantitative estimate of drug-likeness (QED) is 0.781. The molecule has 3 heterocycles.